The second-order valence-corrected chi connectivity index (χ2v) is 3.63. The van der Waals surface area contributed by atoms with Gasteiger partial charge in [0, 0.05) is 6.54 Å². The van der Waals surface area contributed by atoms with Crippen LogP contribution in [-0.4, -0.2) is 23.7 Å². The average molecular weight is 207 g/mol. The molecule has 0 spiro atoms. The third-order valence-corrected chi connectivity index (χ3v) is 2.57. The van der Waals surface area contributed by atoms with Crippen molar-refractivity contribution >= 4 is 5.97 Å². The van der Waals surface area contributed by atoms with Crippen molar-refractivity contribution in [3.63, 3.8) is 0 Å². The third kappa shape index (κ3) is 3.06. The topological polar surface area (TPSA) is 49.3 Å². The maximum absolute atomic E-state index is 10.8. The van der Waals surface area contributed by atoms with Crippen LogP contribution in [0.15, 0.2) is 36.5 Å². The van der Waals surface area contributed by atoms with Crippen LogP contribution in [0.2, 0.25) is 0 Å². The Kier molecular flexibility index (Phi) is 4.31. The van der Waals surface area contributed by atoms with E-state index in [0.29, 0.717) is 6.42 Å². The van der Waals surface area contributed by atoms with E-state index in [2.05, 4.69) is 11.9 Å². The van der Waals surface area contributed by atoms with Crippen molar-refractivity contribution in [2.24, 2.45) is 5.92 Å². The van der Waals surface area contributed by atoms with E-state index >= 15 is 0 Å². The number of carboxylic acid groups (broad SMARTS) is 1. The first-order valence-electron chi connectivity index (χ1n) is 5.10. The number of rotatable bonds is 4. The van der Waals surface area contributed by atoms with Gasteiger partial charge >= 0.3 is 5.97 Å². The fourth-order valence-electron chi connectivity index (χ4n) is 1.83. The molecule has 3 heteroatoms. The van der Waals surface area contributed by atoms with Crippen LogP contribution >= 0.6 is 0 Å². The van der Waals surface area contributed by atoms with Crippen molar-refractivity contribution in [1.82, 2.24) is 5.32 Å². The molecule has 1 heterocycles. The lowest BCUT2D eigenvalue weighted by atomic mass is 9.95. The number of nitrogens with one attached hydrogen (secondary N) is 1. The normalized spacial score (nSPS) is 27.1. The zero-order chi connectivity index (χ0) is 11.3. The van der Waals surface area contributed by atoms with Crippen molar-refractivity contribution in [2.75, 3.05) is 6.54 Å². The highest BCUT2D eigenvalue weighted by molar-refractivity contribution is 5.74. The Hall–Kier alpha value is -1.35. The van der Waals surface area contributed by atoms with Crippen LogP contribution in [0.4, 0.5) is 0 Å². The third-order valence-electron chi connectivity index (χ3n) is 2.57. The molecule has 1 saturated heterocycles. The molecular weight excluding hydrogens is 190 g/mol. The summed E-state index contributed by atoms with van der Waals surface area (Å²) in [5.74, 6) is -0.490. The highest BCUT2D eigenvalue weighted by Crippen LogP contribution is 2.23. The summed E-state index contributed by atoms with van der Waals surface area (Å²) in [6.07, 6.45) is 8.31. The van der Waals surface area contributed by atoms with Crippen molar-refractivity contribution in [2.45, 2.75) is 19.4 Å². The molecule has 1 aliphatic heterocycles. The molecule has 1 fully saturated rings. The summed E-state index contributed by atoms with van der Waals surface area (Å²) in [7, 11) is 0. The van der Waals surface area contributed by atoms with E-state index < -0.39 is 12.0 Å². The van der Waals surface area contributed by atoms with E-state index in [0.717, 1.165) is 12.1 Å². The summed E-state index contributed by atoms with van der Waals surface area (Å²) in [5.41, 5.74) is 1.14. The predicted octanol–water partition coefficient (Wildman–Crippen LogP) is 1.74. The van der Waals surface area contributed by atoms with E-state index in [1.165, 1.54) is 0 Å². The summed E-state index contributed by atoms with van der Waals surface area (Å²) in [6.45, 7) is 6.34. The molecular formula is C12H17NO2. The molecule has 0 unspecified atom stereocenters. The lowest BCUT2D eigenvalue weighted by Crippen LogP contribution is -2.29. The molecule has 15 heavy (non-hydrogen) atoms. The maximum Gasteiger partial charge on any atom is 0.320 e. The largest absolute Gasteiger partial charge is 0.480 e. The highest BCUT2D eigenvalue weighted by Gasteiger charge is 2.30. The van der Waals surface area contributed by atoms with Gasteiger partial charge in [0.05, 0.1) is 0 Å². The van der Waals surface area contributed by atoms with Gasteiger partial charge in [-0.15, -0.1) is 0 Å². The lowest BCUT2D eigenvalue weighted by Gasteiger charge is -2.09. The fraction of sp³-hybridized carbons (Fsp3) is 0.417. The molecule has 0 saturated carbocycles. The average Bonchev–Trinajstić information content (AvgIpc) is 2.66. The predicted molar refractivity (Wildman–Crippen MR) is 60.6 cm³/mol. The Labute approximate surface area is 90.2 Å². The number of hydrogen-bond acceptors (Lipinski definition) is 2. The summed E-state index contributed by atoms with van der Waals surface area (Å²) >= 11 is 0. The fourth-order valence-corrected chi connectivity index (χ4v) is 1.83. The van der Waals surface area contributed by atoms with Gasteiger partial charge in [-0.2, -0.15) is 0 Å². The summed E-state index contributed by atoms with van der Waals surface area (Å²) in [5, 5.41) is 11.8. The summed E-state index contributed by atoms with van der Waals surface area (Å²) in [6, 6.07) is -0.409. The maximum atomic E-state index is 10.8. The number of carboxylic acids is 1. The Morgan fingerprint density at radius 2 is 2.33 bits per heavy atom. The second kappa shape index (κ2) is 5.51. The van der Waals surface area contributed by atoms with Crippen LogP contribution in [0.5, 0.6) is 0 Å². The molecule has 0 radical (unpaired) electrons. The minimum Gasteiger partial charge on any atom is -0.480 e. The van der Waals surface area contributed by atoms with E-state index in [-0.39, 0.29) is 5.92 Å². The second-order valence-electron chi connectivity index (χ2n) is 3.63. The lowest BCUT2D eigenvalue weighted by molar-refractivity contribution is -0.139. The van der Waals surface area contributed by atoms with Gasteiger partial charge in [-0.05, 0) is 24.8 Å². The molecule has 1 rings (SSSR count). The zero-order valence-corrected chi connectivity index (χ0v) is 8.94. The van der Waals surface area contributed by atoms with Gasteiger partial charge < -0.3 is 10.4 Å². The standard InChI is InChI=1S/C12H17NO2/c1-3-5-9(6-4-2)10-7-11(12(14)15)13-8-10/h3-6,10-11,13H,1,7-8H2,2H3,(H,14,15)/b6-4-,9-5+/t10-,11+/m0/s1. The van der Waals surface area contributed by atoms with Crippen LogP contribution in [0.25, 0.3) is 0 Å². The van der Waals surface area contributed by atoms with Gasteiger partial charge in [-0.1, -0.05) is 30.9 Å². The SMILES string of the molecule is C=C/C=C(\C=C/C)[C@@H]1CN[C@@H](C(=O)O)C1. The Morgan fingerprint density at radius 3 is 2.80 bits per heavy atom. The molecule has 3 nitrogen and oxygen atoms in total. The number of hydrogen-bond donors (Lipinski definition) is 2. The number of carbonyl (C=O) groups is 1. The molecule has 0 amide bonds. The molecule has 0 bridgehead atoms. The van der Waals surface area contributed by atoms with Gasteiger partial charge in [0.25, 0.3) is 0 Å². The summed E-state index contributed by atoms with van der Waals surface area (Å²) < 4.78 is 0. The minimum atomic E-state index is -0.768. The van der Waals surface area contributed by atoms with Gasteiger partial charge in [-0.25, -0.2) is 0 Å². The van der Waals surface area contributed by atoms with Crippen LogP contribution in [0.1, 0.15) is 13.3 Å². The first-order chi connectivity index (χ1) is 7.19. The van der Waals surface area contributed by atoms with Crippen molar-refractivity contribution in [3.05, 3.63) is 36.5 Å². The van der Waals surface area contributed by atoms with Gasteiger partial charge in [0.2, 0.25) is 0 Å². The van der Waals surface area contributed by atoms with E-state index in [9.17, 15) is 4.79 Å². The van der Waals surface area contributed by atoms with Crippen molar-refractivity contribution in [1.29, 1.82) is 0 Å². The molecule has 2 N–H and O–H groups in total. The van der Waals surface area contributed by atoms with Gasteiger partial charge in [-0.3, -0.25) is 4.79 Å². The van der Waals surface area contributed by atoms with E-state index in [1.807, 2.05) is 25.2 Å². The Bertz CT molecular complexity index is 305. The quantitative estimate of drug-likeness (QED) is 0.690. The molecule has 0 aliphatic carbocycles. The molecule has 82 valence electrons. The molecule has 0 aromatic rings. The van der Waals surface area contributed by atoms with Crippen LogP contribution in [0.3, 0.4) is 0 Å². The van der Waals surface area contributed by atoms with Crippen LogP contribution < -0.4 is 5.32 Å². The number of aliphatic carboxylic acids is 1. The van der Waals surface area contributed by atoms with Gasteiger partial charge in [0.15, 0.2) is 0 Å². The zero-order valence-electron chi connectivity index (χ0n) is 8.94. The molecule has 2 atom stereocenters. The molecule has 1 aliphatic rings. The van der Waals surface area contributed by atoms with Crippen molar-refractivity contribution in [3.8, 4) is 0 Å². The van der Waals surface area contributed by atoms with E-state index in [4.69, 9.17) is 5.11 Å². The van der Waals surface area contributed by atoms with Crippen LogP contribution in [0, 0.1) is 5.92 Å². The van der Waals surface area contributed by atoms with Gasteiger partial charge in [0.1, 0.15) is 6.04 Å². The Balaban J connectivity index is 2.69. The van der Waals surface area contributed by atoms with E-state index in [1.54, 1.807) is 6.08 Å². The Morgan fingerprint density at radius 1 is 1.60 bits per heavy atom. The minimum absolute atomic E-state index is 0.278. The molecule has 0 aromatic carbocycles. The summed E-state index contributed by atoms with van der Waals surface area (Å²) in [4.78, 5) is 10.8. The first-order valence-corrected chi connectivity index (χ1v) is 5.10. The molecule has 0 aromatic heterocycles. The smallest absolute Gasteiger partial charge is 0.320 e. The van der Waals surface area contributed by atoms with Crippen molar-refractivity contribution < 1.29 is 9.90 Å². The monoisotopic (exact) mass is 207 g/mol. The first kappa shape index (κ1) is 11.7. The highest BCUT2D eigenvalue weighted by atomic mass is 16.4. The number of allylic oxidation sites excluding steroid dienone is 4. The van der Waals surface area contributed by atoms with Crippen LogP contribution in [-0.2, 0) is 4.79 Å².